The lowest BCUT2D eigenvalue weighted by Crippen LogP contribution is -2.28. The van der Waals surface area contributed by atoms with Crippen LogP contribution < -0.4 is 46.7 Å². The first-order chi connectivity index (χ1) is 57.5. The molecule has 0 saturated heterocycles. The monoisotopic (exact) mass is 1770 g/mol. The Morgan fingerprint density at radius 1 is 0.492 bits per heavy atom. The number of aliphatic hydroxyl groups is 2. The summed E-state index contributed by atoms with van der Waals surface area (Å²) >= 11 is 18.6. The van der Waals surface area contributed by atoms with Crippen LogP contribution in [0.15, 0.2) is 146 Å². The zero-order chi connectivity index (χ0) is 81.5. The van der Waals surface area contributed by atoms with Crippen LogP contribution in [-0.2, 0) is 31.0 Å². The number of benzene rings is 4. The summed E-state index contributed by atoms with van der Waals surface area (Å²) in [6.07, 6.45) is 7.39. The number of para-hydroxylation sites is 2. The fourth-order valence-corrected chi connectivity index (χ4v) is 25.7. The Morgan fingerprint density at radius 2 is 0.890 bits per heavy atom. The van der Waals surface area contributed by atoms with Crippen LogP contribution >= 0.6 is 125 Å². The van der Waals surface area contributed by atoms with E-state index in [1.54, 1.807) is 125 Å². The number of thiazole rings is 2. The van der Waals surface area contributed by atoms with E-state index in [1.165, 1.54) is 74.1 Å². The molecule has 1 amide bonds. The van der Waals surface area contributed by atoms with Crippen molar-refractivity contribution < 1.29 is 34.0 Å². The topological polar surface area (TPSA) is 346 Å². The number of aromatic nitrogens is 10. The molecular weight excluding hydrogens is 1700 g/mol. The van der Waals surface area contributed by atoms with E-state index >= 15 is 0 Å². The molecule has 0 bridgehead atoms. The van der Waals surface area contributed by atoms with Crippen molar-refractivity contribution in [2.45, 2.75) is 26.3 Å². The SMILES string of the molecule is CN(CCO)c1cc2sc3cc(C=O)sc3c2s1.NCc1ccc(COc2nc(N)nc3nc[nH]c23)cc1.[C-]#[N+]/C(=C\c1cc2sc3cc(N(C)CCO)sc3c2s1)c1nc2ccccc2s1.[C-]#[N+]/C(=C\c1cc2sc3cc(N(C)CCOC(=O)NCc4ccc(COc5nc(N)nc6nc[nH]c56)cc4)sc3c2s1)c1nc2ccccc2s1. The first kappa shape index (κ1) is 80.3. The summed E-state index contributed by atoms with van der Waals surface area (Å²) in [7, 11) is 5.98. The van der Waals surface area contributed by atoms with Gasteiger partial charge >= 0.3 is 6.09 Å². The van der Waals surface area contributed by atoms with E-state index < -0.39 is 6.09 Å². The Bertz CT molecular complexity index is 6930. The molecule has 11 N–H and O–H groups in total. The number of anilines is 5. The van der Waals surface area contributed by atoms with Gasteiger partial charge in [0.1, 0.15) is 40.9 Å². The Morgan fingerprint density at radius 3 is 1.31 bits per heavy atom. The average Bonchev–Trinajstić information content (AvgIpc) is 1.61. The van der Waals surface area contributed by atoms with E-state index in [0.717, 1.165) is 83.6 Å². The molecule has 4 aromatic carbocycles. The maximum atomic E-state index is 12.4. The summed E-state index contributed by atoms with van der Waals surface area (Å²) in [5.74, 6) is 0.962. The minimum atomic E-state index is -0.474. The minimum Gasteiger partial charge on any atom is -0.471 e. The highest BCUT2D eigenvalue weighted by molar-refractivity contribution is 7.41. The molecule has 0 unspecified atom stereocenters. The number of H-pyrrole nitrogens is 2. The maximum Gasteiger partial charge on any atom is 0.407 e. The van der Waals surface area contributed by atoms with E-state index in [2.05, 4.69) is 110 Å². The van der Waals surface area contributed by atoms with Crippen molar-refractivity contribution in [3.63, 3.8) is 0 Å². The number of nitrogens with zero attached hydrogens (tertiary/aromatic N) is 13. The van der Waals surface area contributed by atoms with Crippen molar-refractivity contribution in [3.8, 4) is 11.8 Å². The molecule has 15 heterocycles. The molecule has 37 heteroatoms. The predicted octanol–water partition coefficient (Wildman–Crippen LogP) is 19.4. The molecule has 0 spiro atoms. The number of fused-ring (bicyclic) bond motifs is 13. The largest absolute Gasteiger partial charge is 0.471 e. The fourth-order valence-electron chi connectivity index (χ4n) is 12.1. The molecule has 0 saturated carbocycles. The molecule has 118 heavy (non-hydrogen) atoms. The molecule has 0 aliphatic heterocycles. The summed E-state index contributed by atoms with van der Waals surface area (Å²) in [5, 5.41) is 25.9. The Kier molecular flexibility index (Phi) is 24.6. The maximum absolute atomic E-state index is 12.4. The lowest BCUT2D eigenvalue weighted by atomic mass is 10.1. The second kappa shape index (κ2) is 36.2. The van der Waals surface area contributed by atoms with Gasteiger partial charge in [0.25, 0.3) is 0 Å². The summed E-state index contributed by atoms with van der Waals surface area (Å²) in [6, 6.07) is 44.4. The number of likely N-dealkylation sites (N-methyl/N-ethyl adjacent to an activating group) is 3. The van der Waals surface area contributed by atoms with E-state index in [4.69, 9.17) is 49.7 Å². The van der Waals surface area contributed by atoms with Crippen LogP contribution in [-0.4, -0.2) is 133 Å². The highest BCUT2D eigenvalue weighted by atomic mass is 32.1. The van der Waals surface area contributed by atoms with Crippen molar-refractivity contribution in [1.82, 2.24) is 55.2 Å². The third-order valence-electron chi connectivity index (χ3n) is 18.1. The molecule has 594 valence electrons. The molecule has 0 aliphatic rings. The van der Waals surface area contributed by atoms with Crippen molar-refractivity contribution in [1.29, 1.82) is 0 Å². The molecule has 0 atom stereocenters. The number of aldehydes is 1. The van der Waals surface area contributed by atoms with Gasteiger partial charge in [0, 0.05) is 85.3 Å². The van der Waals surface area contributed by atoms with Crippen LogP contribution in [0.25, 0.3) is 132 Å². The smallest absolute Gasteiger partial charge is 0.407 e. The van der Waals surface area contributed by atoms with Gasteiger partial charge in [0.15, 0.2) is 17.6 Å². The van der Waals surface area contributed by atoms with E-state index in [0.29, 0.717) is 84.8 Å². The highest BCUT2D eigenvalue weighted by Crippen LogP contribution is 2.50. The number of nitrogens with two attached hydrogens (primary N) is 3. The molecule has 0 radical (unpaired) electrons. The molecular formula is C81H67N19O7S11. The van der Waals surface area contributed by atoms with E-state index in [9.17, 15) is 14.7 Å². The molecule has 19 aromatic rings. The summed E-state index contributed by atoms with van der Waals surface area (Å²) in [5.41, 5.74) is 26.0. The summed E-state index contributed by atoms with van der Waals surface area (Å²) in [6.45, 7) is 19.3. The van der Waals surface area contributed by atoms with Gasteiger partial charge in [0.05, 0.1) is 114 Å². The molecule has 0 fully saturated rings. The lowest BCUT2D eigenvalue weighted by molar-refractivity contribution is 0.112. The molecule has 26 nitrogen and oxygen atoms in total. The number of thiophene rings is 9. The van der Waals surface area contributed by atoms with Crippen LogP contribution in [0, 0.1) is 13.1 Å². The van der Waals surface area contributed by atoms with Gasteiger partial charge in [-0.15, -0.1) is 125 Å². The van der Waals surface area contributed by atoms with Crippen LogP contribution in [0.2, 0.25) is 0 Å². The van der Waals surface area contributed by atoms with E-state index in [-0.39, 0.29) is 38.3 Å². The number of nitrogen functional groups attached to an aromatic ring is 2. The van der Waals surface area contributed by atoms with Gasteiger partial charge < -0.3 is 71.6 Å². The third kappa shape index (κ3) is 18.0. The van der Waals surface area contributed by atoms with E-state index in [1.807, 2.05) is 136 Å². The van der Waals surface area contributed by atoms with Crippen molar-refractivity contribution in [3.05, 3.63) is 216 Å². The van der Waals surface area contributed by atoms with Gasteiger partial charge in [-0.3, -0.25) is 4.79 Å². The number of hydrogen-bond donors (Lipinski definition) is 8. The van der Waals surface area contributed by atoms with Crippen molar-refractivity contribution >= 4 is 287 Å². The number of nitrogens with one attached hydrogen (secondary N) is 3. The quantitative estimate of drug-likeness (QED) is 0.0206. The van der Waals surface area contributed by atoms with Crippen molar-refractivity contribution in [2.75, 3.05) is 86.8 Å². The van der Waals surface area contributed by atoms with Gasteiger partial charge in [-0.2, -0.15) is 19.9 Å². The van der Waals surface area contributed by atoms with Gasteiger partial charge in [0.2, 0.25) is 35.1 Å². The Labute approximate surface area is 716 Å². The average molecular weight is 1770 g/mol. The van der Waals surface area contributed by atoms with Crippen LogP contribution in [0.1, 0.15) is 51.7 Å². The molecule has 15 aromatic heterocycles. The number of aliphatic hydroxyl groups excluding tert-OH is 2. The number of alkyl carbamates (subject to hydrolysis) is 1. The third-order valence-corrected chi connectivity index (χ3v) is 31.7. The number of aromatic amines is 2. The lowest BCUT2D eigenvalue weighted by Gasteiger charge is -2.16. The number of rotatable bonds is 24. The molecule has 19 rings (SSSR count). The zero-order valence-corrected chi connectivity index (χ0v) is 71.6. The first-order valence-corrected chi connectivity index (χ1v) is 45.1. The zero-order valence-electron chi connectivity index (χ0n) is 62.6. The number of imidazole rings is 2. The summed E-state index contributed by atoms with van der Waals surface area (Å²) in [4.78, 5) is 79.6. The van der Waals surface area contributed by atoms with Crippen LogP contribution in [0.3, 0.4) is 0 Å². The molecule has 0 aliphatic carbocycles. The second-order valence-electron chi connectivity index (χ2n) is 26.1. The van der Waals surface area contributed by atoms with Crippen LogP contribution in [0.4, 0.5) is 31.7 Å². The van der Waals surface area contributed by atoms with Crippen molar-refractivity contribution in [2.24, 2.45) is 5.73 Å². The Hall–Kier alpha value is -11.5. The van der Waals surface area contributed by atoms with Gasteiger partial charge in [-0.25, -0.2) is 34.4 Å². The first-order valence-electron chi connectivity index (χ1n) is 36.1. The summed E-state index contributed by atoms with van der Waals surface area (Å²) < 4.78 is 34.1. The number of carbonyl (C=O) groups excluding carboxylic acids is 2. The Balaban J connectivity index is 0.000000130. The highest BCUT2D eigenvalue weighted by Gasteiger charge is 2.22. The number of carbonyl (C=O) groups is 2. The predicted molar refractivity (Wildman–Crippen MR) is 493 cm³/mol. The number of ether oxygens (including phenoxy) is 3. The van der Waals surface area contributed by atoms with Crippen LogP contribution in [0.5, 0.6) is 11.8 Å². The standard InChI is InChI=1S/C35H27N9O3S4.C21H15N3OS4.C13H14N6O.C12H11NO2S3/c1-37-23(33-41-22-5-3-4-6-24(22)50-33)13-21-14-25-29(48-21)30-26(49-25)15-27(51-30)44(2)11-12-46-35(45)38-16-19-7-9-20(10-8-19)17-47-32-28-31(40-18-39-28)42-34(36)43-32;1-22-14(21-23-13-5-3-4-6-15(13)28-21)9-12-10-16-19(26-12)20-17(27-16)11-18(29-20)24(2)7-8-25;14-5-8-1-3-9(4-2-8)6-20-12-10-11(17-7-16-10)18-13(15)19-12;1-13(2-3-14)10-5-9-12(18-10)11-8(17-9)4-7(6-15)16-11/h3-10,13-15,18H,11-12,16-17H2,2H3,(H,38,45)(H3,36,39,40,42,43);3-6,9-11,25H,7-8H2,2H3;1-4,7H,5-6,14H2,(H3,15,16,17,18,19);4-6,14H,2-3H2,1H3/b23-13-;14-9-;;. The van der Waals surface area contributed by atoms with Gasteiger partial charge in [-0.05, 0) is 95.1 Å². The normalized spacial score (nSPS) is 11.7. The number of amides is 1. The van der Waals surface area contributed by atoms with Gasteiger partial charge in [-0.1, -0.05) is 72.8 Å². The second-order valence-corrected chi connectivity index (χ2v) is 37.8. The number of hydrogen-bond acceptors (Lipinski definition) is 32. The fraction of sp³-hybridized carbons (Fsp3) is 0.160. The minimum absolute atomic E-state index is 0.0917.